The average molecular weight is 283 g/mol. The monoisotopic (exact) mass is 283 g/mol. The van der Waals surface area contributed by atoms with E-state index >= 15 is 0 Å². The molecule has 1 heterocycles. The Morgan fingerprint density at radius 3 is 2.33 bits per heavy atom. The number of pyridine rings is 1. The van der Waals surface area contributed by atoms with Crippen molar-refractivity contribution in [1.82, 2.24) is 15.2 Å². The molecule has 0 aliphatic rings. The van der Waals surface area contributed by atoms with Crippen LogP contribution in [0.1, 0.15) is 25.0 Å². The first-order valence-corrected chi connectivity index (χ1v) is 7.41. The van der Waals surface area contributed by atoms with E-state index in [9.17, 15) is 0 Å². The van der Waals surface area contributed by atoms with Crippen LogP contribution in [0.3, 0.4) is 0 Å². The molecule has 0 spiro atoms. The minimum absolute atomic E-state index is 0.0623. The molecule has 3 nitrogen and oxygen atoms in total. The molecule has 0 saturated carbocycles. The van der Waals surface area contributed by atoms with Gasteiger partial charge in [-0.05, 0) is 44.2 Å². The molecular formula is C18H25N3. The van der Waals surface area contributed by atoms with Crippen molar-refractivity contribution in [3.05, 3.63) is 66.0 Å². The maximum absolute atomic E-state index is 4.05. The van der Waals surface area contributed by atoms with Crippen molar-refractivity contribution < 1.29 is 0 Å². The molecule has 3 heteroatoms. The predicted molar refractivity (Wildman–Crippen MR) is 87.9 cm³/mol. The van der Waals surface area contributed by atoms with E-state index in [-0.39, 0.29) is 5.54 Å². The number of benzene rings is 1. The molecule has 0 fully saturated rings. The molecule has 0 aliphatic heterocycles. The topological polar surface area (TPSA) is 28.2 Å². The Morgan fingerprint density at radius 1 is 1.00 bits per heavy atom. The van der Waals surface area contributed by atoms with Gasteiger partial charge < -0.3 is 10.2 Å². The molecule has 1 aromatic heterocycles. The molecule has 0 unspecified atom stereocenters. The van der Waals surface area contributed by atoms with Crippen LogP contribution in [0.25, 0.3) is 0 Å². The molecule has 0 atom stereocenters. The van der Waals surface area contributed by atoms with Gasteiger partial charge in [-0.15, -0.1) is 0 Å². The molecule has 0 radical (unpaired) electrons. The van der Waals surface area contributed by atoms with Crippen molar-refractivity contribution in [1.29, 1.82) is 0 Å². The van der Waals surface area contributed by atoms with Crippen LogP contribution in [-0.4, -0.2) is 29.0 Å². The summed E-state index contributed by atoms with van der Waals surface area (Å²) in [7, 11) is 2.17. The van der Waals surface area contributed by atoms with Gasteiger partial charge in [-0.3, -0.25) is 4.98 Å². The summed E-state index contributed by atoms with van der Waals surface area (Å²) >= 11 is 0. The normalized spacial score (nSPS) is 11.8. The second-order valence-electron chi connectivity index (χ2n) is 6.25. The summed E-state index contributed by atoms with van der Waals surface area (Å²) in [6.07, 6.45) is 3.68. The van der Waals surface area contributed by atoms with E-state index < -0.39 is 0 Å². The van der Waals surface area contributed by atoms with Crippen LogP contribution in [0.5, 0.6) is 0 Å². The van der Waals surface area contributed by atoms with Crippen molar-refractivity contribution in [2.75, 3.05) is 13.6 Å². The van der Waals surface area contributed by atoms with Crippen LogP contribution in [-0.2, 0) is 13.1 Å². The number of hydrogen-bond donors (Lipinski definition) is 1. The van der Waals surface area contributed by atoms with Crippen molar-refractivity contribution in [2.24, 2.45) is 0 Å². The minimum atomic E-state index is 0.0623. The zero-order chi connectivity index (χ0) is 15.1. The first-order valence-electron chi connectivity index (χ1n) is 7.41. The number of hydrogen-bond acceptors (Lipinski definition) is 3. The van der Waals surface area contributed by atoms with Crippen LogP contribution < -0.4 is 5.32 Å². The smallest absolute Gasteiger partial charge is 0.0271 e. The van der Waals surface area contributed by atoms with Gasteiger partial charge in [0.1, 0.15) is 0 Å². The first kappa shape index (κ1) is 15.7. The van der Waals surface area contributed by atoms with E-state index in [1.54, 1.807) is 0 Å². The molecule has 2 rings (SSSR count). The molecule has 0 saturated heterocycles. The van der Waals surface area contributed by atoms with Gasteiger partial charge >= 0.3 is 0 Å². The van der Waals surface area contributed by atoms with Crippen LogP contribution >= 0.6 is 0 Å². The van der Waals surface area contributed by atoms with Gasteiger partial charge in [-0.1, -0.05) is 30.3 Å². The lowest BCUT2D eigenvalue weighted by Crippen LogP contribution is -2.47. The molecular weight excluding hydrogens is 258 g/mol. The second-order valence-corrected chi connectivity index (χ2v) is 6.25. The van der Waals surface area contributed by atoms with Crippen LogP contribution in [0.4, 0.5) is 0 Å². The summed E-state index contributed by atoms with van der Waals surface area (Å²) in [6.45, 7) is 7.33. The summed E-state index contributed by atoms with van der Waals surface area (Å²) in [5.74, 6) is 0. The summed E-state index contributed by atoms with van der Waals surface area (Å²) in [5.41, 5.74) is 2.68. The van der Waals surface area contributed by atoms with Gasteiger partial charge in [-0.25, -0.2) is 0 Å². The maximum atomic E-state index is 4.05. The van der Waals surface area contributed by atoms with E-state index in [0.717, 1.165) is 19.6 Å². The number of rotatable bonds is 7. The van der Waals surface area contributed by atoms with Gasteiger partial charge in [0.15, 0.2) is 0 Å². The number of likely N-dealkylation sites (N-methyl/N-ethyl adjacent to an activating group) is 1. The van der Waals surface area contributed by atoms with Crippen LogP contribution in [0, 0.1) is 0 Å². The van der Waals surface area contributed by atoms with Crippen molar-refractivity contribution in [3.8, 4) is 0 Å². The van der Waals surface area contributed by atoms with Gasteiger partial charge in [0, 0.05) is 37.6 Å². The van der Waals surface area contributed by atoms with Crippen molar-refractivity contribution >= 4 is 0 Å². The van der Waals surface area contributed by atoms with E-state index in [2.05, 4.69) is 78.6 Å². The number of nitrogens with zero attached hydrogens (tertiary/aromatic N) is 2. The van der Waals surface area contributed by atoms with Crippen LogP contribution in [0.15, 0.2) is 54.9 Å². The fourth-order valence-corrected chi connectivity index (χ4v) is 2.52. The third-order valence-electron chi connectivity index (χ3n) is 3.48. The Labute approximate surface area is 128 Å². The fourth-order valence-electron chi connectivity index (χ4n) is 2.52. The largest absolute Gasteiger partial charge is 0.306 e. The lowest BCUT2D eigenvalue weighted by Gasteiger charge is -2.31. The standard InChI is InChI=1S/C18H25N3/c1-18(2,20-13-16-9-11-19-12-10-16)15-21(3)14-17-7-5-4-6-8-17/h4-12,20H,13-15H2,1-3H3. The zero-order valence-corrected chi connectivity index (χ0v) is 13.2. The Hall–Kier alpha value is -1.71. The SMILES string of the molecule is CN(Cc1ccccc1)CC(C)(C)NCc1ccncc1. The first-order chi connectivity index (χ1) is 10.1. The van der Waals surface area contributed by atoms with Gasteiger partial charge in [0.25, 0.3) is 0 Å². The second kappa shape index (κ2) is 7.34. The van der Waals surface area contributed by atoms with Crippen LogP contribution in [0.2, 0.25) is 0 Å². The molecule has 2 aromatic rings. The quantitative estimate of drug-likeness (QED) is 0.846. The molecule has 112 valence electrons. The third kappa shape index (κ3) is 5.66. The molecule has 0 aliphatic carbocycles. The molecule has 21 heavy (non-hydrogen) atoms. The Bertz CT molecular complexity index is 523. The van der Waals surface area contributed by atoms with E-state index in [1.165, 1.54) is 11.1 Å². The highest BCUT2D eigenvalue weighted by atomic mass is 15.1. The molecule has 0 bridgehead atoms. The summed E-state index contributed by atoms with van der Waals surface area (Å²) in [6, 6.07) is 14.7. The highest BCUT2D eigenvalue weighted by Gasteiger charge is 2.19. The minimum Gasteiger partial charge on any atom is -0.306 e. The molecule has 1 aromatic carbocycles. The van der Waals surface area contributed by atoms with Crippen molar-refractivity contribution in [2.45, 2.75) is 32.5 Å². The molecule has 1 N–H and O–H groups in total. The summed E-state index contributed by atoms with van der Waals surface area (Å²) in [5, 5.41) is 3.62. The number of nitrogens with one attached hydrogen (secondary N) is 1. The van der Waals surface area contributed by atoms with Crippen molar-refractivity contribution in [3.63, 3.8) is 0 Å². The van der Waals surface area contributed by atoms with Gasteiger partial charge in [0.2, 0.25) is 0 Å². The summed E-state index contributed by atoms with van der Waals surface area (Å²) < 4.78 is 0. The summed E-state index contributed by atoms with van der Waals surface area (Å²) in [4.78, 5) is 6.41. The molecule has 0 amide bonds. The zero-order valence-electron chi connectivity index (χ0n) is 13.2. The maximum Gasteiger partial charge on any atom is 0.0271 e. The lowest BCUT2D eigenvalue weighted by atomic mass is 10.0. The average Bonchev–Trinajstić information content (AvgIpc) is 2.47. The van der Waals surface area contributed by atoms with E-state index in [4.69, 9.17) is 0 Å². The Kier molecular flexibility index (Phi) is 5.48. The highest BCUT2D eigenvalue weighted by molar-refractivity contribution is 5.14. The van der Waals surface area contributed by atoms with E-state index in [0.29, 0.717) is 0 Å². The Morgan fingerprint density at radius 2 is 1.67 bits per heavy atom. The van der Waals surface area contributed by atoms with Gasteiger partial charge in [-0.2, -0.15) is 0 Å². The highest BCUT2D eigenvalue weighted by Crippen LogP contribution is 2.10. The van der Waals surface area contributed by atoms with Gasteiger partial charge in [0.05, 0.1) is 0 Å². The fraction of sp³-hybridized carbons (Fsp3) is 0.389. The third-order valence-corrected chi connectivity index (χ3v) is 3.48. The number of aromatic nitrogens is 1. The van der Waals surface area contributed by atoms with E-state index in [1.807, 2.05) is 12.4 Å². The predicted octanol–water partition coefficient (Wildman–Crippen LogP) is 3.08. The lowest BCUT2D eigenvalue weighted by molar-refractivity contribution is 0.228. The Balaban J connectivity index is 1.82.